The Hall–Kier alpha value is -0.690. The van der Waals surface area contributed by atoms with Crippen LogP contribution in [-0.4, -0.2) is 85.4 Å². The summed E-state index contributed by atoms with van der Waals surface area (Å²) in [4.78, 5) is 16.4. The summed E-state index contributed by atoms with van der Waals surface area (Å²) in [6.45, 7) is 7.77. The Balaban J connectivity index is 1.94. The van der Waals surface area contributed by atoms with Gasteiger partial charge in [-0.2, -0.15) is 0 Å². The number of likely N-dealkylation sites (tertiary alicyclic amines) is 1. The Morgan fingerprint density at radius 1 is 1.38 bits per heavy atom. The van der Waals surface area contributed by atoms with E-state index in [-0.39, 0.29) is 18.9 Å². The van der Waals surface area contributed by atoms with E-state index in [9.17, 15) is 9.90 Å². The molecule has 122 valence electrons. The number of aliphatic hydroxyl groups is 1. The largest absolute Gasteiger partial charge is 0.386 e. The number of carbonyl (C=O) groups excluding carboxylic acids is 1. The first-order valence-corrected chi connectivity index (χ1v) is 8.03. The van der Waals surface area contributed by atoms with Gasteiger partial charge in [-0.1, -0.05) is 6.92 Å². The van der Waals surface area contributed by atoms with Crippen LogP contribution in [0.3, 0.4) is 0 Å². The van der Waals surface area contributed by atoms with Crippen molar-refractivity contribution in [3.8, 4) is 0 Å². The SMILES string of the molecule is CCN1CCC(N2CCOCC(O)(CC(=O)NC)C2)CC1. The summed E-state index contributed by atoms with van der Waals surface area (Å²) in [5, 5.41) is 13.3. The summed E-state index contributed by atoms with van der Waals surface area (Å²) in [5.41, 5.74) is -1.07. The van der Waals surface area contributed by atoms with Crippen molar-refractivity contribution >= 4 is 5.91 Å². The molecule has 0 aliphatic carbocycles. The van der Waals surface area contributed by atoms with Gasteiger partial charge in [-0.15, -0.1) is 0 Å². The summed E-state index contributed by atoms with van der Waals surface area (Å²) in [7, 11) is 1.60. The lowest BCUT2D eigenvalue weighted by Gasteiger charge is -2.40. The third kappa shape index (κ3) is 4.64. The molecule has 2 N–H and O–H groups in total. The predicted molar refractivity (Wildman–Crippen MR) is 81.2 cm³/mol. The van der Waals surface area contributed by atoms with E-state index in [4.69, 9.17) is 4.74 Å². The second-order valence-electron chi connectivity index (χ2n) is 6.26. The van der Waals surface area contributed by atoms with Crippen LogP contribution in [-0.2, 0) is 9.53 Å². The van der Waals surface area contributed by atoms with Crippen molar-refractivity contribution in [1.82, 2.24) is 15.1 Å². The topological polar surface area (TPSA) is 65.0 Å². The van der Waals surface area contributed by atoms with Gasteiger partial charge < -0.3 is 20.1 Å². The van der Waals surface area contributed by atoms with Crippen LogP contribution < -0.4 is 5.32 Å². The van der Waals surface area contributed by atoms with Gasteiger partial charge in [-0.05, 0) is 32.5 Å². The fraction of sp³-hybridized carbons (Fsp3) is 0.933. The summed E-state index contributed by atoms with van der Waals surface area (Å²) in [6.07, 6.45) is 2.36. The van der Waals surface area contributed by atoms with Gasteiger partial charge in [0.2, 0.25) is 5.91 Å². The standard InChI is InChI=1S/C15H29N3O3/c1-3-17-6-4-13(5-7-17)18-8-9-21-12-15(20,11-18)10-14(19)16-2/h13,20H,3-12H2,1-2H3,(H,16,19). The molecule has 6 nitrogen and oxygen atoms in total. The molecule has 0 radical (unpaired) electrons. The van der Waals surface area contributed by atoms with E-state index in [1.807, 2.05) is 0 Å². The molecule has 2 heterocycles. The Morgan fingerprint density at radius 2 is 2.10 bits per heavy atom. The molecule has 0 aromatic heterocycles. The highest BCUT2D eigenvalue weighted by Crippen LogP contribution is 2.23. The number of piperidine rings is 1. The van der Waals surface area contributed by atoms with E-state index in [0.29, 0.717) is 19.2 Å². The molecule has 2 aliphatic heterocycles. The number of hydrogen-bond donors (Lipinski definition) is 2. The van der Waals surface area contributed by atoms with Crippen LogP contribution in [0.1, 0.15) is 26.2 Å². The van der Waals surface area contributed by atoms with E-state index in [1.54, 1.807) is 7.05 Å². The Labute approximate surface area is 127 Å². The normalized spacial score (nSPS) is 30.0. The number of nitrogens with zero attached hydrogens (tertiary/aromatic N) is 2. The maximum absolute atomic E-state index is 11.6. The van der Waals surface area contributed by atoms with Crippen LogP contribution in [0.2, 0.25) is 0 Å². The molecule has 1 amide bonds. The maximum Gasteiger partial charge on any atom is 0.222 e. The molecular formula is C15H29N3O3. The lowest BCUT2D eigenvalue weighted by molar-refractivity contribution is -0.128. The molecule has 0 aromatic carbocycles. The molecule has 0 bridgehead atoms. The van der Waals surface area contributed by atoms with Crippen molar-refractivity contribution < 1.29 is 14.6 Å². The first-order chi connectivity index (χ1) is 10.1. The smallest absolute Gasteiger partial charge is 0.222 e. The number of carbonyl (C=O) groups is 1. The lowest BCUT2D eigenvalue weighted by atomic mass is 9.96. The minimum absolute atomic E-state index is 0.105. The van der Waals surface area contributed by atoms with Crippen LogP contribution in [0.4, 0.5) is 0 Å². The Morgan fingerprint density at radius 3 is 2.71 bits per heavy atom. The quantitative estimate of drug-likeness (QED) is 0.744. The molecular weight excluding hydrogens is 270 g/mol. The highest BCUT2D eigenvalue weighted by molar-refractivity contribution is 5.76. The number of ether oxygens (including phenoxy) is 1. The van der Waals surface area contributed by atoms with Gasteiger partial charge in [-0.25, -0.2) is 0 Å². The van der Waals surface area contributed by atoms with E-state index in [2.05, 4.69) is 22.0 Å². The second kappa shape index (κ2) is 7.54. The zero-order chi connectivity index (χ0) is 15.3. The summed E-state index contributed by atoms with van der Waals surface area (Å²) < 4.78 is 5.54. The zero-order valence-corrected chi connectivity index (χ0v) is 13.3. The molecule has 2 fully saturated rings. The van der Waals surface area contributed by atoms with Gasteiger partial charge in [-0.3, -0.25) is 9.69 Å². The third-order valence-electron chi connectivity index (χ3n) is 4.68. The van der Waals surface area contributed by atoms with Gasteiger partial charge >= 0.3 is 0 Å². The number of amides is 1. The second-order valence-corrected chi connectivity index (χ2v) is 6.26. The van der Waals surface area contributed by atoms with Crippen LogP contribution >= 0.6 is 0 Å². The summed E-state index contributed by atoms with van der Waals surface area (Å²) in [6, 6.07) is 0.491. The summed E-state index contributed by atoms with van der Waals surface area (Å²) in [5.74, 6) is -0.135. The fourth-order valence-corrected chi connectivity index (χ4v) is 3.35. The molecule has 21 heavy (non-hydrogen) atoms. The Kier molecular flexibility index (Phi) is 5.98. The van der Waals surface area contributed by atoms with Crippen molar-refractivity contribution in [2.45, 2.75) is 37.8 Å². The fourth-order valence-electron chi connectivity index (χ4n) is 3.35. The van der Waals surface area contributed by atoms with Crippen LogP contribution in [0.5, 0.6) is 0 Å². The molecule has 2 rings (SSSR count). The average Bonchev–Trinajstić information content (AvgIpc) is 2.69. The molecule has 0 saturated carbocycles. The highest BCUT2D eigenvalue weighted by atomic mass is 16.5. The van der Waals surface area contributed by atoms with Gasteiger partial charge in [0, 0.05) is 26.2 Å². The minimum atomic E-state index is -1.07. The minimum Gasteiger partial charge on any atom is -0.386 e. The first kappa shape index (κ1) is 16.7. The van der Waals surface area contributed by atoms with Crippen molar-refractivity contribution in [2.24, 2.45) is 0 Å². The monoisotopic (exact) mass is 299 g/mol. The van der Waals surface area contributed by atoms with Crippen molar-refractivity contribution in [3.63, 3.8) is 0 Å². The predicted octanol–water partition coefficient (Wildman–Crippen LogP) is -0.330. The van der Waals surface area contributed by atoms with E-state index >= 15 is 0 Å². The van der Waals surface area contributed by atoms with E-state index in [0.717, 1.165) is 39.0 Å². The summed E-state index contributed by atoms with van der Waals surface area (Å²) >= 11 is 0. The molecule has 0 aromatic rings. The average molecular weight is 299 g/mol. The molecule has 1 unspecified atom stereocenters. The van der Waals surface area contributed by atoms with Crippen molar-refractivity contribution in [3.05, 3.63) is 0 Å². The van der Waals surface area contributed by atoms with Crippen LogP contribution in [0, 0.1) is 0 Å². The zero-order valence-electron chi connectivity index (χ0n) is 13.3. The van der Waals surface area contributed by atoms with Crippen molar-refractivity contribution in [2.75, 3.05) is 53.0 Å². The number of rotatable bonds is 4. The van der Waals surface area contributed by atoms with Crippen molar-refractivity contribution in [1.29, 1.82) is 0 Å². The lowest BCUT2D eigenvalue weighted by Crippen LogP contribution is -2.52. The number of nitrogens with one attached hydrogen (secondary N) is 1. The number of β-amino-alcohol motifs (C(OH)–C–C–N with tert-alkyl or cyclic N) is 1. The highest BCUT2D eigenvalue weighted by Gasteiger charge is 2.37. The van der Waals surface area contributed by atoms with Crippen LogP contribution in [0.15, 0.2) is 0 Å². The maximum atomic E-state index is 11.6. The first-order valence-electron chi connectivity index (χ1n) is 8.03. The van der Waals surface area contributed by atoms with Gasteiger partial charge in [0.05, 0.1) is 19.6 Å². The van der Waals surface area contributed by atoms with Crippen LogP contribution in [0.25, 0.3) is 0 Å². The van der Waals surface area contributed by atoms with Gasteiger partial charge in [0.1, 0.15) is 5.60 Å². The van der Waals surface area contributed by atoms with E-state index < -0.39 is 5.60 Å². The molecule has 2 aliphatic rings. The molecule has 6 heteroatoms. The molecule has 1 atom stereocenters. The van der Waals surface area contributed by atoms with Gasteiger partial charge in [0.25, 0.3) is 0 Å². The molecule has 0 spiro atoms. The molecule has 2 saturated heterocycles. The van der Waals surface area contributed by atoms with Gasteiger partial charge in [0.15, 0.2) is 0 Å². The van der Waals surface area contributed by atoms with E-state index in [1.165, 1.54) is 0 Å². The third-order valence-corrected chi connectivity index (χ3v) is 4.68. The Bertz CT molecular complexity index is 345. The number of hydrogen-bond acceptors (Lipinski definition) is 5.